The molecule has 1 aliphatic rings. The van der Waals surface area contributed by atoms with Crippen LogP contribution in [0.2, 0.25) is 0 Å². The summed E-state index contributed by atoms with van der Waals surface area (Å²) in [5.74, 6) is -0.270. The fraction of sp³-hybridized carbons (Fsp3) is 0.727. The Balaban J connectivity index is 2.38. The molecule has 0 aromatic heterocycles. The number of hydrogen-bond donors (Lipinski definition) is 2. The lowest BCUT2D eigenvalue weighted by atomic mass is 10.2. The highest BCUT2D eigenvalue weighted by molar-refractivity contribution is 5.88. The first-order chi connectivity index (χ1) is 7.17. The van der Waals surface area contributed by atoms with E-state index in [1.54, 1.807) is 0 Å². The zero-order valence-electron chi connectivity index (χ0n) is 9.38. The van der Waals surface area contributed by atoms with Crippen molar-refractivity contribution in [1.82, 2.24) is 5.32 Å². The zero-order chi connectivity index (χ0) is 11.3. The van der Waals surface area contributed by atoms with Crippen molar-refractivity contribution < 1.29 is 14.6 Å². The average molecular weight is 213 g/mol. The van der Waals surface area contributed by atoms with Gasteiger partial charge in [0.1, 0.15) is 0 Å². The van der Waals surface area contributed by atoms with Gasteiger partial charge in [0.05, 0.1) is 13.7 Å². The summed E-state index contributed by atoms with van der Waals surface area (Å²) in [7, 11) is 1.38. The van der Waals surface area contributed by atoms with Gasteiger partial charge in [-0.1, -0.05) is 13.0 Å². The van der Waals surface area contributed by atoms with Crippen LogP contribution in [-0.2, 0) is 9.53 Å². The molecule has 0 bridgehead atoms. The molecule has 1 rings (SSSR count). The monoisotopic (exact) mass is 213 g/mol. The van der Waals surface area contributed by atoms with Crippen molar-refractivity contribution in [1.29, 1.82) is 0 Å². The first-order valence-corrected chi connectivity index (χ1v) is 5.30. The predicted molar refractivity (Wildman–Crippen MR) is 57.4 cm³/mol. The van der Waals surface area contributed by atoms with Gasteiger partial charge in [-0.15, -0.1) is 0 Å². The Labute approximate surface area is 90.3 Å². The summed E-state index contributed by atoms with van der Waals surface area (Å²) in [4.78, 5) is 11.2. The van der Waals surface area contributed by atoms with Crippen molar-refractivity contribution in [2.45, 2.75) is 31.7 Å². The lowest BCUT2D eigenvalue weighted by Crippen LogP contribution is -2.35. The Bertz CT molecular complexity index is 257. The van der Waals surface area contributed by atoms with Crippen molar-refractivity contribution in [2.24, 2.45) is 0 Å². The van der Waals surface area contributed by atoms with Crippen LogP contribution < -0.4 is 5.32 Å². The van der Waals surface area contributed by atoms with E-state index < -0.39 is 0 Å². The van der Waals surface area contributed by atoms with Crippen molar-refractivity contribution in [2.75, 3.05) is 20.3 Å². The molecule has 0 aromatic rings. The molecule has 1 saturated carbocycles. The summed E-state index contributed by atoms with van der Waals surface area (Å²) >= 11 is 0. The lowest BCUT2D eigenvalue weighted by molar-refractivity contribution is -0.136. The van der Waals surface area contributed by atoms with E-state index in [1.165, 1.54) is 7.11 Å². The fourth-order valence-corrected chi connectivity index (χ4v) is 1.44. The van der Waals surface area contributed by atoms with Crippen molar-refractivity contribution in [3.05, 3.63) is 11.6 Å². The third kappa shape index (κ3) is 3.32. The van der Waals surface area contributed by atoms with E-state index in [2.05, 4.69) is 10.1 Å². The standard InChI is InChI=1S/C11H19NO3/c1-3-9(10(14)15-2)4-7-12-11(8-13)5-6-11/h4,12-13H,3,5-8H2,1-2H3. The number of nitrogens with one attached hydrogen (secondary N) is 1. The molecule has 0 atom stereocenters. The van der Waals surface area contributed by atoms with Crippen LogP contribution in [-0.4, -0.2) is 36.9 Å². The number of carbonyl (C=O) groups is 1. The highest BCUT2D eigenvalue weighted by Crippen LogP contribution is 2.34. The van der Waals surface area contributed by atoms with E-state index in [4.69, 9.17) is 5.11 Å². The second kappa shape index (κ2) is 5.28. The molecule has 1 aliphatic carbocycles. The first kappa shape index (κ1) is 12.2. The maximum atomic E-state index is 11.2. The van der Waals surface area contributed by atoms with Gasteiger partial charge in [0.25, 0.3) is 0 Å². The van der Waals surface area contributed by atoms with Gasteiger partial charge in [0, 0.05) is 17.7 Å². The fourth-order valence-electron chi connectivity index (χ4n) is 1.44. The van der Waals surface area contributed by atoms with Gasteiger partial charge in [0.15, 0.2) is 0 Å². The van der Waals surface area contributed by atoms with Gasteiger partial charge < -0.3 is 15.2 Å². The number of aliphatic hydroxyl groups is 1. The Morgan fingerprint density at radius 3 is 2.67 bits per heavy atom. The zero-order valence-corrected chi connectivity index (χ0v) is 9.38. The SMILES string of the molecule is CCC(=CCNC1(CO)CC1)C(=O)OC. The second-order valence-corrected chi connectivity index (χ2v) is 3.89. The lowest BCUT2D eigenvalue weighted by Gasteiger charge is -2.12. The molecular formula is C11H19NO3. The number of carbonyl (C=O) groups excluding carboxylic acids is 1. The van der Waals surface area contributed by atoms with E-state index in [0.29, 0.717) is 18.5 Å². The first-order valence-electron chi connectivity index (χ1n) is 5.30. The third-order valence-corrected chi connectivity index (χ3v) is 2.81. The summed E-state index contributed by atoms with van der Waals surface area (Å²) in [6.07, 6.45) is 4.52. The van der Waals surface area contributed by atoms with Crippen LogP contribution in [0, 0.1) is 0 Å². The highest BCUT2D eigenvalue weighted by Gasteiger charge is 2.40. The molecule has 0 aliphatic heterocycles. The third-order valence-electron chi connectivity index (χ3n) is 2.81. The number of ether oxygens (including phenoxy) is 1. The highest BCUT2D eigenvalue weighted by atomic mass is 16.5. The predicted octanol–water partition coefficient (Wildman–Crippen LogP) is 0.610. The molecule has 4 heteroatoms. The van der Waals surface area contributed by atoms with Gasteiger partial charge >= 0.3 is 5.97 Å². The van der Waals surface area contributed by atoms with Gasteiger partial charge in [0.2, 0.25) is 0 Å². The average Bonchev–Trinajstić information content (AvgIpc) is 3.04. The van der Waals surface area contributed by atoms with Crippen molar-refractivity contribution in [3.63, 3.8) is 0 Å². The Kier molecular flexibility index (Phi) is 4.29. The normalized spacial score (nSPS) is 18.7. The molecule has 4 nitrogen and oxygen atoms in total. The molecule has 0 unspecified atom stereocenters. The van der Waals surface area contributed by atoms with Crippen LogP contribution in [0.25, 0.3) is 0 Å². The maximum Gasteiger partial charge on any atom is 0.333 e. The molecule has 0 saturated heterocycles. The number of aliphatic hydroxyl groups excluding tert-OH is 1. The van der Waals surface area contributed by atoms with Crippen LogP contribution in [0.1, 0.15) is 26.2 Å². The molecule has 1 fully saturated rings. The number of rotatable bonds is 6. The summed E-state index contributed by atoms with van der Waals surface area (Å²) in [6, 6.07) is 0. The minimum absolute atomic E-state index is 0.0779. The summed E-state index contributed by atoms with van der Waals surface area (Å²) in [6.45, 7) is 2.70. The van der Waals surface area contributed by atoms with Gasteiger partial charge in [-0.2, -0.15) is 0 Å². The summed E-state index contributed by atoms with van der Waals surface area (Å²) in [5, 5.41) is 12.3. The van der Waals surface area contributed by atoms with Crippen LogP contribution in [0.4, 0.5) is 0 Å². The molecule has 0 radical (unpaired) electrons. The second-order valence-electron chi connectivity index (χ2n) is 3.89. The van der Waals surface area contributed by atoms with E-state index in [0.717, 1.165) is 12.8 Å². The summed E-state index contributed by atoms with van der Waals surface area (Å²) in [5.41, 5.74) is 0.601. The van der Waals surface area contributed by atoms with Crippen LogP contribution >= 0.6 is 0 Å². The van der Waals surface area contributed by atoms with Crippen LogP contribution in [0.3, 0.4) is 0 Å². The van der Waals surface area contributed by atoms with Crippen LogP contribution in [0.15, 0.2) is 11.6 Å². The Hall–Kier alpha value is -0.870. The van der Waals surface area contributed by atoms with Crippen molar-refractivity contribution in [3.8, 4) is 0 Å². The van der Waals surface area contributed by atoms with Crippen LogP contribution in [0.5, 0.6) is 0 Å². The molecule has 0 spiro atoms. The minimum atomic E-state index is -0.270. The molecule has 86 valence electrons. The molecule has 0 amide bonds. The molecular weight excluding hydrogens is 194 g/mol. The van der Waals surface area contributed by atoms with E-state index in [-0.39, 0.29) is 18.1 Å². The largest absolute Gasteiger partial charge is 0.466 e. The quantitative estimate of drug-likeness (QED) is 0.501. The maximum absolute atomic E-state index is 11.2. The van der Waals surface area contributed by atoms with Gasteiger partial charge in [-0.05, 0) is 19.3 Å². The van der Waals surface area contributed by atoms with E-state index in [1.807, 2.05) is 13.0 Å². The van der Waals surface area contributed by atoms with Gasteiger partial charge in [-0.3, -0.25) is 0 Å². The Morgan fingerprint density at radius 2 is 2.27 bits per heavy atom. The molecule has 2 N–H and O–H groups in total. The number of methoxy groups -OCH3 is 1. The van der Waals surface area contributed by atoms with Crippen molar-refractivity contribution >= 4 is 5.97 Å². The number of hydrogen-bond acceptors (Lipinski definition) is 4. The molecule has 0 aromatic carbocycles. The number of esters is 1. The minimum Gasteiger partial charge on any atom is -0.466 e. The van der Waals surface area contributed by atoms with E-state index in [9.17, 15) is 4.79 Å². The Morgan fingerprint density at radius 1 is 1.60 bits per heavy atom. The smallest absolute Gasteiger partial charge is 0.333 e. The van der Waals surface area contributed by atoms with Gasteiger partial charge in [-0.25, -0.2) is 4.79 Å². The topological polar surface area (TPSA) is 58.6 Å². The molecule has 15 heavy (non-hydrogen) atoms. The summed E-state index contributed by atoms with van der Waals surface area (Å²) < 4.78 is 4.64. The van der Waals surface area contributed by atoms with E-state index >= 15 is 0 Å². The molecule has 0 heterocycles.